The van der Waals surface area contributed by atoms with Gasteiger partial charge in [0.2, 0.25) is 0 Å². The molecule has 1 amide bonds. The third kappa shape index (κ3) is 3.65. The van der Waals surface area contributed by atoms with Crippen LogP contribution in [-0.2, 0) is 6.42 Å². The van der Waals surface area contributed by atoms with E-state index in [1.165, 1.54) is 6.07 Å². The minimum Gasteiger partial charge on any atom is -0.361 e. The predicted octanol–water partition coefficient (Wildman–Crippen LogP) is 2.94. The summed E-state index contributed by atoms with van der Waals surface area (Å²) >= 11 is 6.06. The van der Waals surface area contributed by atoms with Crippen molar-refractivity contribution in [2.75, 3.05) is 6.54 Å². The second-order valence-electron chi connectivity index (χ2n) is 6.24. The van der Waals surface area contributed by atoms with Crippen molar-refractivity contribution in [3.63, 3.8) is 0 Å². The third-order valence-electron chi connectivity index (χ3n) is 4.43. The zero-order chi connectivity index (χ0) is 19.5. The van der Waals surface area contributed by atoms with E-state index in [4.69, 9.17) is 11.6 Å². The van der Waals surface area contributed by atoms with Gasteiger partial charge >= 0.3 is 0 Å². The molecule has 3 aromatic heterocycles. The van der Waals surface area contributed by atoms with Gasteiger partial charge in [-0.1, -0.05) is 11.6 Å². The molecule has 28 heavy (non-hydrogen) atoms. The molecule has 0 aliphatic rings. The van der Waals surface area contributed by atoms with Crippen LogP contribution in [0, 0.1) is 0 Å². The number of fused-ring (bicyclic) bond motifs is 1. The summed E-state index contributed by atoms with van der Waals surface area (Å²) in [5.74, 6) is -0.447. The quantitative estimate of drug-likeness (QED) is 0.485. The minimum atomic E-state index is -0.533. The molecule has 0 bridgehead atoms. The molecule has 0 aliphatic carbocycles. The first kappa shape index (κ1) is 17.9. The van der Waals surface area contributed by atoms with Crippen molar-refractivity contribution in [2.45, 2.75) is 6.42 Å². The largest absolute Gasteiger partial charge is 0.361 e. The number of H-pyrrole nitrogens is 2. The number of aromatic nitrogens is 4. The lowest BCUT2D eigenvalue weighted by Crippen LogP contribution is -2.31. The van der Waals surface area contributed by atoms with Gasteiger partial charge in [0.1, 0.15) is 5.56 Å². The van der Waals surface area contributed by atoms with Crippen LogP contribution in [0.2, 0.25) is 5.02 Å². The molecule has 7 nitrogen and oxygen atoms in total. The number of carbonyl (C=O) groups is 1. The van der Waals surface area contributed by atoms with Gasteiger partial charge in [0.05, 0.1) is 5.69 Å². The van der Waals surface area contributed by atoms with Crippen LogP contribution in [0.3, 0.4) is 0 Å². The molecule has 0 aliphatic heterocycles. The van der Waals surface area contributed by atoms with Gasteiger partial charge in [-0.15, -0.1) is 0 Å². The Hall–Kier alpha value is -3.45. The molecule has 0 radical (unpaired) electrons. The number of nitrogens with one attached hydrogen (secondary N) is 3. The van der Waals surface area contributed by atoms with Crippen LogP contribution in [0.1, 0.15) is 15.9 Å². The molecule has 0 spiro atoms. The molecule has 1 aromatic carbocycles. The predicted molar refractivity (Wildman–Crippen MR) is 107 cm³/mol. The number of amides is 1. The zero-order valence-corrected chi connectivity index (χ0v) is 15.5. The Labute approximate surface area is 164 Å². The van der Waals surface area contributed by atoms with E-state index in [9.17, 15) is 9.59 Å². The molecule has 0 unspecified atom stereocenters. The first-order chi connectivity index (χ1) is 13.6. The number of hydrogen-bond donors (Lipinski definition) is 3. The highest BCUT2D eigenvalue weighted by atomic mass is 35.5. The van der Waals surface area contributed by atoms with E-state index in [1.807, 2.05) is 24.4 Å². The van der Waals surface area contributed by atoms with Crippen LogP contribution in [-0.4, -0.2) is 32.6 Å². The third-order valence-corrected chi connectivity index (χ3v) is 4.67. The normalized spacial score (nSPS) is 10.9. The molecule has 4 aromatic rings. The number of pyridine rings is 1. The SMILES string of the molecule is O=C(NCCc1c[nH]c2ccc(Cl)cc12)c1cc(-c2ccncc2)n[nH]c1=O. The Morgan fingerprint density at radius 1 is 1.14 bits per heavy atom. The lowest BCUT2D eigenvalue weighted by atomic mass is 10.1. The summed E-state index contributed by atoms with van der Waals surface area (Å²) in [6.07, 6.45) is 5.74. The second kappa shape index (κ2) is 7.66. The summed E-state index contributed by atoms with van der Waals surface area (Å²) in [6, 6.07) is 10.6. The molecule has 4 rings (SSSR count). The average molecular weight is 394 g/mol. The van der Waals surface area contributed by atoms with Gasteiger partial charge in [-0.25, -0.2) is 5.10 Å². The molecule has 0 saturated heterocycles. The number of carbonyl (C=O) groups excluding carboxylic acids is 1. The van der Waals surface area contributed by atoms with E-state index >= 15 is 0 Å². The molecular formula is C20H16ClN5O2. The molecule has 3 heterocycles. The second-order valence-corrected chi connectivity index (χ2v) is 6.68. The number of benzene rings is 1. The molecule has 8 heteroatoms. The molecule has 0 saturated carbocycles. The van der Waals surface area contributed by atoms with Gasteiger partial charge in [0, 0.05) is 46.6 Å². The Morgan fingerprint density at radius 3 is 2.79 bits per heavy atom. The lowest BCUT2D eigenvalue weighted by Gasteiger charge is -2.06. The van der Waals surface area contributed by atoms with Gasteiger partial charge in [-0.3, -0.25) is 14.6 Å². The van der Waals surface area contributed by atoms with E-state index in [0.717, 1.165) is 22.0 Å². The summed E-state index contributed by atoms with van der Waals surface area (Å²) in [5.41, 5.74) is 2.77. The zero-order valence-electron chi connectivity index (χ0n) is 14.7. The first-order valence-corrected chi connectivity index (χ1v) is 9.03. The van der Waals surface area contributed by atoms with Gasteiger partial charge in [-0.2, -0.15) is 5.10 Å². The van der Waals surface area contributed by atoms with Crippen molar-refractivity contribution < 1.29 is 4.79 Å². The minimum absolute atomic E-state index is 0.0174. The standard InChI is InChI=1S/C20H16ClN5O2/c21-14-1-2-17-15(9-14)13(11-24-17)5-8-23-19(27)16-10-18(25-26-20(16)28)12-3-6-22-7-4-12/h1-4,6-7,9-11,24H,5,8H2,(H,23,27)(H,26,28). The molecule has 0 atom stereocenters. The van der Waals surface area contributed by atoms with Crippen LogP contribution in [0.5, 0.6) is 0 Å². The molecule has 0 fully saturated rings. The fraction of sp³-hybridized carbons (Fsp3) is 0.100. The lowest BCUT2D eigenvalue weighted by molar-refractivity contribution is 0.0952. The van der Waals surface area contributed by atoms with Crippen molar-refractivity contribution in [1.82, 2.24) is 25.5 Å². The Kier molecular flexibility index (Phi) is 4.90. The summed E-state index contributed by atoms with van der Waals surface area (Å²) < 4.78 is 0. The topological polar surface area (TPSA) is 104 Å². The van der Waals surface area contributed by atoms with E-state index in [-0.39, 0.29) is 5.56 Å². The van der Waals surface area contributed by atoms with Crippen molar-refractivity contribution >= 4 is 28.4 Å². The van der Waals surface area contributed by atoms with E-state index < -0.39 is 11.5 Å². The Bertz CT molecular complexity index is 1200. The monoisotopic (exact) mass is 393 g/mol. The highest BCUT2D eigenvalue weighted by Gasteiger charge is 2.13. The maximum Gasteiger partial charge on any atom is 0.277 e. The maximum absolute atomic E-state index is 12.5. The summed E-state index contributed by atoms with van der Waals surface area (Å²) in [5, 5.41) is 10.8. The Balaban J connectivity index is 1.48. The first-order valence-electron chi connectivity index (χ1n) is 8.65. The fourth-order valence-electron chi connectivity index (χ4n) is 3.01. The van der Waals surface area contributed by atoms with Crippen molar-refractivity contribution in [1.29, 1.82) is 0 Å². The maximum atomic E-state index is 12.5. The molecule has 140 valence electrons. The van der Waals surface area contributed by atoms with Gasteiger partial charge in [-0.05, 0) is 48.4 Å². The van der Waals surface area contributed by atoms with E-state index in [0.29, 0.717) is 23.7 Å². The average Bonchev–Trinajstić information content (AvgIpc) is 3.11. The van der Waals surface area contributed by atoms with Gasteiger partial charge in [0.25, 0.3) is 11.5 Å². The van der Waals surface area contributed by atoms with Crippen molar-refractivity contribution in [3.8, 4) is 11.3 Å². The number of aromatic amines is 2. The summed E-state index contributed by atoms with van der Waals surface area (Å²) in [6.45, 7) is 0.380. The number of halogens is 1. The van der Waals surface area contributed by atoms with Gasteiger partial charge < -0.3 is 10.3 Å². The van der Waals surface area contributed by atoms with Crippen LogP contribution < -0.4 is 10.9 Å². The van der Waals surface area contributed by atoms with Crippen LogP contribution in [0.25, 0.3) is 22.2 Å². The highest BCUT2D eigenvalue weighted by Crippen LogP contribution is 2.22. The van der Waals surface area contributed by atoms with Crippen LogP contribution in [0.15, 0.2) is 59.8 Å². The van der Waals surface area contributed by atoms with Crippen LogP contribution in [0.4, 0.5) is 0 Å². The summed E-state index contributed by atoms with van der Waals surface area (Å²) in [4.78, 5) is 31.7. The number of nitrogens with zero attached hydrogens (tertiary/aromatic N) is 2. The highest BCUT2D eigenvalue weighted by molar-refractivity contribution is 6.31. The van der Waals surface area contributed by atoms with E-state index in [1.54, 1.807) is 24.5 Å². The van der Waals surface area contributed by atoms with Crippen molar-refractivity contribution in [2.24, 2.45) is 0 Å². The van der Waals surface area contributed by atoms with Crippen molar-refractivity contribution in [3.05, 3.63) is 81.5 Å². The fourth-order valence-corrected chi connectivity index (χ4v) is 3.18. The Morgan fingerprint density at radius 2 is 1.96 bits per heavy atom. The summed E-state index contributed by atoms with van der Waals surface area (Å²) in [7, 11) is 0. The number of rotatable bonds is 5. The van der Waals surface area contributed by atoms with Crippen LogP contribution >= 0.6 is 11.6 Å². The molecule has 3 N–H and O–H groups in total. The molecular weight excluding hydrogens is 378 g/mol. The van der Waals surface area contributed by atoms with E-state index in [2.05, 4.69) is 25.5 Å². The number of hydrogen-bond acceptors (Lipinski definition) is 4. The smallest absolute Gasteiger partial charge is 0.277 e. The van der Waals surface area contributed by atoms with Gasteiger partial charge in [0.15, 0.2) is 0 Å².